The van der Waals surface area contributed by atoms with Gasteiger partial charge in [-0.2, -0.15) is 0 Å². The minimum Gasteiger partial charge on any atom is -0.465 e. The standard InChI is InChI=1S/C22H20FN5O4S/c1-32-22(31)16-7-6-14(33-16)9-26-20(29)15-10-24-18-17(15)27-11-28-19(18)21(30)25-8-12-2-4-13(23)5-3-12/h2-7,11,15,24H,8-10H2,1H3,(H,25,30)(H,26,29). The Bertz CT molecular complexity index is 1200. The average molecular weight is 469 g/mol. The fraction of sp³-hybridized carbons (Fsp3) is 0.227. The van der Waals surface area contributed by atoms with Crippen LogP contribution in [0, 0.1) is 5.82 Å². The van der Waals surface area contributed by atoms with Crippen molar-refractivity contribution in [1.82, 2.24) is 20.6 Å². The Hall–Kier alpha value is -3.86. The highest BCUT2D eigenvalue weighted by molar-refractivity contribution is 7.13. The number of methoxy groups -OCH3 is 1. The third-order valence-corrected chi connectivity index (χ3v) is 6.14. The van der Waals surface area contributed by atoms with Gasteiger partial charge in [-0.1, -0.05) is 12.1 Å². The van der Waals surface area contributed by atoms with E-state index >= 15 is 0 Å². The van der Waals surface area contributed by atoms with Crippen molar-refractivity contribution in [2.24, 2.45) is 0 Å². The number of nitrogens with one attached hydrogen (secondary N) is 3. The van der Waals surface area contributed by atoms with Crippen molar-refractivity contribution in [3.63, 3.8) is 0 Å². The first-order chi connectivity index (χ1) is 16.0. The second kappa shape index (κ2) is 9.74. The molecule has 33 heavy (non-hydrogen) atoms. The number of thiophene rings is 1. The van der Waals surface area contributed by atoms with E-state index in [1.807, 2.05) is 0 Å². The first-order valence-corrected chi connectivity index (χ1v) is 10.8. The number of ether oxygens (including phenoxy) is 1. The molecule has 170 valence electrons. The molecule has 0 aliphatic carbocycles. The number of benzene rings is 1. The summed E-state index contributed by atoms with van der Waals surface area (Å²) in [6.45, 7) is 0.731. The zero-order valence-electron chi connectivity index (χ0n) is 17.6. The molecule has 0 spiro atoms. The van der Waals surface area contributed by atoms with Crippen LogP contribution < -0.4 is 16.0 Å². The predicted molar refractivity (Wildman–Crippen MR) is 118 cm³/mol. The lowest BCUT2D eigenvalue weighted by Crippen LogP contribution is -2.30. The van der Waals surface area contributed by atoms with Crippen molar-refractivity contribution in [3.05, 3.63) is 75.2 Å². The van der Waals surface area contributed by atoms with Crippen LogP contribution in [-0.2, 0) is 22.6 Å². The first kappa shape index (κ1) is 22.3. The molecule has 2 aromatic heterocycles. The van der Waals surface area contributed by atoms with Crippen LogP contribution in [-0.4, -0.2) is 41.4 Å². The van der Waals surface area contributed by atoms with Crippen molar-refractivity contribution in [3.8, 4) is 0 Å². The number of rotatable bonds is 7. The maximum atomic E-state index is 13.0. The molecular weight excluding hydrogens is 449 g/mol. The molecule has 2 amide bonds. The highest BCUT2D eigenvalue weighted by atomic mass is 32.1. The SMILES string of the molecule is COC(=O)c1ccc(CNC(=O)C2CNc3c(C(=O)NCc4ccc(F)cc4)ncnc32)s1. The number of aromatic nitrogens is 2. The predicted octanol–water partition coefficient (Wildman–Crippen LogP) is 2.22. The van der Waals surface area contributed by atoms with Crippen LogP contribution in [0.1, 0.15) is 42.2 Å². The van der Waals surface area contributed by atoms with Gasteiger partial charge < -0.3 is 20.7 Å². The molecule has 1 atom stereocenters. The molecule has 0 radical (unpaired) electrons. The number of nitrogens with zero attached hydrogens (tertiary/aromatic N) is 2. The summed E-state index contributed by atoms with van der Waals surface area (Å²) in [6, 6.07) is 9.21. The van der Waals surface area contributed by atoms with E-state index in [4.69, 9.17) is 0 Å². The summed E-state index contributed by atoms with van der Waals surface area (Å²) >= 11 is 1.24. The number of halogens is 1. The van der Waals surface area contributed by atoms with E-state index in [9.17, 15) is 18.8 Å². The summed E-state index contributed by atoms with van der Waals surface area (Å²) in [5, 5.41) is 8.64. The molecule has 3 heterocycles. The van der Waals surface area contributed by atoms with E-state index in [0.717, 1.165) is 10.4 Å². The molecule has 11 heteroatoms. The maximum Gasteiger partial charge on any atom is 0.348 e. The van der Waals surface area contributed by atoms with Crippen LogP contribution >= 0.6 is 11.3 Å². The smallest absolute Gasteiger partial charge is 0.348 e. The highest BCUT2D eigenvalue weighted by Crippen LogP contribution is 2.31. The molecule has 3 aromatic rings. The van der Waals surface area contributed by atoms with Gasteiger partial charge in [-0.25, -0.2) is 19.2 Å². The normalized spacial score (nSPS) is 14.2. The molecule has 1 aliphatic heterocycles. The molecule has 1 unspecified atom stereocenters. The van der Waals surface area contributed by atoms with Crippen LogP contribution in [0.25, 0.3) is 0 Å². The van der Waals surface area contributed by atoms with Gasteiger partial charge in [0.25, 0.3) is 5.91 Å². The van der Waals surface area contributed by atoms with Crippen LogP contribution in [0.15, 0.2) is 42.7 Å². The van der Waals surface area contributed by atoms with Gasteiger partial charge in [0.1, 0.15) is 17.0 Å². The highest BCUT2D eigenvalue weighted by Gasteiger charge is 2.33. The van der Waals surface area contributed by atoms with Gasteiger partial charge in [-0.3, -0.25) is 9.59 Å². The van der Waals surface area contributed by atoms with E-state index in [1.54, 1.807) is 24.3 Å². The number of esters is 1. The Morgan fingerprint density at radius 3 is 2.67 bits per heavy atom. The van der Waals surface area contributed by atoms with Gasteiger partial charge in [-0.05, 0) is 29.8 Å². The number of fused-ring (bicyclic) bond motifs is 1. The number of carbonyl (C=O) groups is 3. The molecule has 1 aromatic carbocycles. The summed E-state index contributed by atoms with van der Waals surface area (Å²) in [6.07, 6.45) is 1.25. The lowest BCUT2D eigenvalue weighted by molar-refractivity contribution is -0.122. The average Bonchev–Trinajstić information content (AvgIpc) is 3.49. The van der Waals surface area contributed by atoms with Gasteiger partial charge in [0.15, 0.2) is 5.69 Å². The Kier molecular flexibility index (Phi) is 6.59. The van der Waals surface area contributed by atoms with Gasteiger partial charge in [0.05, 0.1) is 31.0 Å². The molecule has 0 saturated heterocycles. The van der Waals surface area contributed by atoms with Crippen molar-refractivity contribution in [2.75, 3.05) is 19.0 Å². The van der Waals surface area contributed by atoms with Gasteiger partial charge in [0.2, 0.25) is 5.91 Å². The van der Waals surface area contributed by atoms with Crippen molar-refractivity contribution in [1.29, 1.82) is 0 Å². The summed E-state index contributed by atoms with van der Waals surface area (Å²) < 4.78 is 17.7. The van der Waals surface area contributed by atoms with Gasteiger partial charge in [0, 0.05) is 18.0 Å². The maximum absolute atomic E-state index is 13.0. The van der Waals surface area contributed by atoms with Crippen molar-refractivity contribution >= 4 is 34.8 Å². The Labute approximate surface area is 192 Å². The van der Waals surface area contributed by atoms with E-state index in [-0.39, 0.29) is 37.1 Å². The number of anilines is 1. The quantitative estimate of drug-likeness (QED) is 0.454. The van der Waals surface area contributed by atoms with E-state index in [0.29, 0.717) is 16.3 Å². The molecular formula is C22H20FN5O4S. The second-order valence-electron chi connectivity index (χ2n) is 7.20. The molecule has 9 nitrogen and oxygen atoms in total. The lowest BCUT2D eigenvalue weighted by Gasteiger charge is -2.10. The van der Waals surface area contributed by atoms with Gasteiger partial charge >= 0.3 is 5.97 Å². The summed E-state index contributed by atoms with van der Waals surface area (Å²) in [5.41, 5.74) is 1.73. The van der Waals surface area contributed by atoms with Gasteiger partial charge in [-0.15, -0.1) is 11.3 Å². The fourth-order valence-electron chi connectivity index (χ4n) is 3.38. The molecule has 0 saturated carbocycles. The van der Waals surface area contributed by atoms with E-state index in [2.05, 4.69) is 30.7 Å². The molecule has 0 fully saturated rings. The molecule has 4 rings (SSSR count). The van der Waals surface area contributed by atoms with Crippen LogP contribution in [0.5, 0.6) is 0 Å². The minimum atomic E-state index is -0.591. The lowest BCUT2D eigenvalue weighted by atomic mass is 10.1. The van der Waals surface area contributed by atoms with Crippen LogP contribution in [0.3, 0.4) is 0 Å². The number of hydrogen-bond acceptors (Lipinski definition) is 8. The topological polar surface area (TPSA) is 122 Å². The largest absolute Gasteiger partial charge is 0.465 e. The third-order valence-electron chi connectivity index (χ3n) is 5.07. The molecule has 0 bridgehead atoms. The zero-order chi connectivity index (χ0) is 23.4. The van der Waals surface area contributed by atoms with E-state index < -0.39 is 17.8 Å². The molecule has 1 aliphatic rings. The number of amides is 2. The number of hydrogen-bond donors (Lipinski definition) is 3. The fourth-order valence-corrected chi connectivity index (χ4v) is 4.24. The zero-order valence-corrected chi connectivity index (χ0v) is 18.4. The Morgan fingerprint density at radius 1 is 1.12 bits per heavy atom. The monoisotopic (exact) mass is 469 g/mol. The minimum absolute atomic E-state index is 0.137. The van der Waals surface area contributed by atoms with Crippen LogP contribution in [0.4, 0.5) is 10.1 Å². The van der Waals surface area contributed by atoms with Crippen molar-refractivity contribution < 1.29 is 23.5 Å². The Balaban J connectivity index is 1.39. The summed E-state index contributed by atoms with van der Waals surface area (Å²) in [4.78, 5) is 46.5. The number of carbonyl (C=O) groups excluding carboxylic acids is 3. The molecule has 3 N–H and O–H groups in total. The summed E-state index contributed by atoms with van der Waals surface area (Å²) in [5.74, 6) is -2.05. The third kappa shape index (κ3) is 4.98. The first-order valence-electron chi connectivity index (χ1n) is 10.0. The van der Waals surface area contributed by atoms with Crippen molar-refractivity contribution in [2.45, 2.75) is 19.0 Å². The summed E-state index contributed by atoms with van der Waals surface area (Å²) in [7, 11) is 1.31. The second-order valence-corrected chi connectivity index (χ2v) is 8.37. The Morgan fingerprint density at radius 2 is 1.91 bits per heavy atom. The van der Waals surface area contributed by atoms with Crippen LogP contribution in [0.2, 0.25) is 0 Å². The van der Waals surface area contributed by atoms with E-state index in [1.165, 1.54) is 36.9 Å².